The predicted molar refractivity (Wildman–Crippen MR) is 220 cm³/mol. The molecule has 0 amide bonds. The molecule has 0 spiro atoms. The normalized spacial score (nSPS) is 34.3. The number of ketones is 4. The summed E-state index contributed by atoms with van der Waals surface area (Å²) in [5.74, 6) is 1.49. The van der Waals surface area contributed by atoms with Crippen LogP contribution in [0.2, 0.25) is 0 Å². The molecule has 0 bridgehead atoms. The fourth-order valence-corrected chi connectivity index (χ4v) is 14.0. The monoisotopic (exact) mass is 750 g/mol. The second-order valence-electron chi connectivity index (χ2n) is 19.6. The van der Waals surface area contributed by atoms with Gasteiger partial charge in [-0.05, 0) is 108 Å². The van der Waals surface area contributed by atoms with Crippen molar-refractivity contribution in [3.8, 4) is 0 Å². The van der Waals surface area contributed by atoms with Gasteiger partial charge in [0, 0.05) is 54.7 Å². The molecule has 0 radical (unpaired) electrons. The van der Waals surface area contributed by atoms with E-state index < -0.39 is 10.8 Å². The number of fused-ring (bicyclic) bond motifs is 9. The number of carbonyl (C=O) groups is 4. The fraction of sp³-hybridized carbons (Fsp3) is 0.542. The van der Waals surface area contributed by atoms with Crippen molar-refractivity contribution in [2.75, 3.05) is 0 Å². The summed E-state index contributed by atoms with van der Waals surface area (Å²) in [6, 6.07) is 9.11. The van der Waals surface area contributed by atoms with Crippen LogP contribution in [0.1, 0.15) is 127 Å². The number of nitrogens with zero attached hydrogens (tertiary/aromatic N) is 2. The first-order valence-corrected chi connectivity index (χ1v) is 22.0. The topological polar surface area (TPSA) is 93.0 Å². The SMILES string of the molecule is CC1(C)C(N=C2C(=O)C3CC4CCCCC4CC3C2=O)=Cc2cc3sc4cc5c(cc4c3cc21)C(C)(C)C(N=C1C(=O)C2CC3CCCCC3CC2C1=O)=C5. The number of aliphatic imine (C=N–C) groups is 2. The fourth-order valence-electron chi connectivity index (χ4n) is 12.8. The van der Waals surface area contributed by atoms with Gasteiger partial charge < -0.3 is 0 Å². The number of rotatable bonds is 2. The van der Waals surface area contributed by atoms with Crippen LogP contribution in [-0.2, 0) is 30.0 Å². The molecule has 7 heteroatoms. The number of Topliss-reactive ketones (excluding diaryl/α,β-unsaturated/α-hetero) is 4. The van der Waals surface area contributed by atoms with Crippen molar-refractivity contribution in [1.82, 2.24) is 0 Å². The largest absolute Gasteiger partial charge is 0.292 e. The summed E-state index contributed by atoms with van der Waals surface area (Å²) in [5.41, 5.74) is 5.54. The minimum Gasteiger partial charge on any atom is -0.292 e. The van der Waals surface area contributed by atoms with Crippen molar-refractivity contribution in [2.24, 2.45) is 57.3 Å². The van der Waals surface area contributed by atoms with Crippen LogP contribution < -0.4 is 0 Å². The number of thiophene rings is 1. The van der Waals surface area contributed by atoms with Crippen LogP contribution in [0.3, 0.4) is 0 Å². The maximum absolute atomic E-state index is 13.8. The van der Waals surface area contributed by atoms with Gasteiger partial charge in [0.1, 0.15) is 11.4 Å². The zero-order chi connectivity index (χ0) is 37.7. The van der Waals surface area contributed by atoms with E-state index in [-0.39, 0.29) is 58.2 Å². The molecule has 0 saturated heterocycles. The molecule has 8 aliphatic carbocycles. The molecule has 8 aliphatic rings. The number of hydrogen-bond donors (Lipinski definition) is 0. The van der Waals surface area contributed by atoms with Gasteiger partial charge in [0.2, 0.25) is 0 Å². The molecule has 2 aromatic carbocycles. The van der Waals surface area contributed by atoms with Gasteiger partial charge in [-0.2, -0.15) is 0 Å². The highest BCUT2D eigenvalue weighted by molar-refractivity contribution is 7.25. The van der Waals surface area contributed by atoms with Gasteiger partial charge in [0.05, 0.1) is 11.4 Å². The van der Waals surface area contributed by atoms with Crippen LogP contribution in [0.15, 0.2) is 45.6 Å². The van der Waals surface area contributed by atoms with Gasteiger partial charge in [-0.3, -0.25) is 19.2 Å². The quantitative estimate of drug-likeness (QED) is 0.261. The Morgan fingerprint density at radius 1 is 0.509 bits per heavy atom. The molecule has 11 rings (SSSR count). The van der Waals surface area contributed by atoms with Crippen LogP contribution in [0, 0.1) is 47.3 Å². The average molecular weight is 751 g/mol. The summed E-state index contributed by atoms with van der Waals surface area (Å²) in [6.07, 6.45) is 17.4. The Hall–Kier alpha value is -3.84. The molecule has 6 fully saturated rings. The lowest BCUT2D eigenvalue weighted by Crippen LogP contribution is -2.35. The van der Waals surface area contributed by atoms with Crippen molar-refractivity contribution in [1.29, 1.82) is 0 Å². The van der Waals surface area contributed by atoms with Crippen molar-refractivity contribution < 1.29 is 19.2 Å². The molecule has 282 valence electrons. The average Bonchev–Trinajstić information content (AvgIpc) is 3.86. The Kier molecular flexibility index (Phi) is 7.41. The first kappa shape index (κ1) is 34.4. The molecular formula is C48H50N2O4S. The molecule has 1 heterocycles. The molecule has 3 aromatic rings. The third-order valence-electron chi connectivity index (χ3n) is 16.1. The van der Waals surface area contributed by atoms with Crippen LogP contribution in [0.25, 0.3) is 32.3 Å². The summed E-state index contributed by atoms with van der Waals surface area (Å²) >= 11 is 1.76. The molecule has 6 saturated carbocycles. The van der Waals surface area contributed by atoms with Gasteiger partial charge in [-0.1, -0.05) is 79.1 Å². The van der Waals surface area contributed by atoms with Gasteiger partial charge in [0.25, 0.3) is 0 Å². The highest BCUT2D eigenvalue weighted by Gasteiger charge is 2.54. The molecule has 0 N–H and O–H groups in total. The molecule has 8 unspecified atom stereocenters. The minimum absolute atomic E-state index is 0.0222. The van der Waals surface area contributed by atoms with Crippen LogP contribution in [0.4, 0.5) is 0 Å². The number of allylic oxidation sites excluding steroid dienone is 2. The van der Waals surface area contributed by atoms with E-state index in [1.165, 1.54) is 71.5 Å². The number of benzene rings is 2. The second kappa shape index (κ2) is 11.8. The number of hydrogen-bond acceptors (Lipinski definition) is 7. The minimum atomic E-state index is -0.469. The standard InChI is InChI=1S/C48H50N2O4S/c1-47(2)35-21-29-30-22-36-28(20-40(48(36,3)4)50-42-45(53)33-15-25-11-7-8-12-26(25)16-34(33)46(42)54)18-38(30)55-37(29)17-27(35)19-39(47)49-41-43(51)31-13-23-9-5-6-10-24(23)14-32(31)44(41)52/h17-26,31-34H,5-16H2,1-4H3. The Balaban J connectivity index is 0.905. The third kappa shape index (κ3) is 4.90. The first-order chi connectivity index (χ1) is 26.4. The summed E-state index contributed by atoms with van der Waals surface area (Å²) in [5, 5.41) is 2.36. The van der Waals surface area contributed by atoms with Crippen molar-refractivity contribution in [3.63, 3.8) is 0 Å². The van der Waals surface area contributed by atoms with E-state index in [1.54, 1.807) is 11.3 Å². The Bertz CT molecular complexity index is 2200. The number of carbonyl (C=O) groups excluding carboxylic acids is 4. The zero-order valence-electron chi connectivity index (χ0n) is 32.5. The van der Waals surface area contributed by atoms with Gasteiger partial charge in [0.15, 0.2) is 23.1 Å². The van der Waals surface area contributed by atoms with Crippen molar-refractivity contribution in [2.45, 2.75) is 116 Å². The highest BCUT2D eigenvalue weighted by atomic mass is 32.1. The smallest absolute Gasteiger partial charge is 0.188 e. The molecule has 1 aromatic heterocycles. The van der Waals surface area contributed by atoms with E-state index >= 15 is 0 Å². The predicted octanol–water partition coefficient (Wildman–Crippen LogP) is 10.2. The molecule has 6 nitrogen and oxygen atoms in total. The van der Waals surface area contributed by atoms with E-state index in [9.17, 15) is 19.2 Å². The van der Waals surface area contributed by atoms with E-state index in [4.69, 9.17) is 9.98 Å². The Morgan fingerprint density at radius 3 is 1.16 bits per heavy atom. The zero-order valence-corrected chi connectivity index (χ0v) is 33.3. The summed E-state index contributed by atoms with van der Waals surface area (Å²) in [7, 11) is 0. The molecule has 0 aliphatic heterocycles. The Morgan fingerprint density at radius 2 is 0.836 bits per heavy atom. The van der Waals surface area contributed by atoms with Crippen molar-refractivity contribution in [3.05, 3.63) is 57.9 Å². The van der Waals surface area contributed by atoms with E-state index in [2.05, 4.69) is 64.1 Å². The second-order valence-corrected chi connectivity index (χ2v) is 20.7. The van der Waals surface area contributed by atoms with E-state index in [1.807, 2.05) is 0 Å². The van der Waals surface area contributed by atoms with E-state index in [0.717, 1.165) is 59.3 Å². The Labute approximate surface area is 327 Å². The van der Waals surface area contributed by atoms with Gasteiger partial charge >= 0.3 is 0 Å². The summed E-state index contributed by atoms with van der Waals surface area (Å²) < 4.78 is 2.38. The van der Waals surface area contributed by atoms with Crippen molar-refractivity contribution >= 4 is 78.2 Å². The maximum Gasteiger partial charge on any atom is 0.188 e. The van der Waals surface area contributed by atoms with Crippen LogP contribution >= 0.6 is 11.3 Å². The van der Waals surface area contributed by atoms with Crippen LogP contribution in [-0.4, -0.2) is 34.6 Å². The lowest BCUT2D eigenvalue weighted by atomic mass is 9.64. The van der Waals surface area contributed by atoms with Gasteiger partial charge in [-0.25, -0.2) is 9.98 Å². The lowest BCUT2D eigenvalue weighted by molar-refractivity contribution is -0.123. The van der Waals surface area contributed by atoms with E-state index in [0.29, 0.717) is 23.7 Å². The van der Waals surface area contributed by atoms with Gasteiger partial charge in [-0.15, -0.1) is 11.3 Å². The van der Waals surface area contributed by atoms with Crippen LogP contribution in [0.5, 0.6) is 0 Å². The maximum atomic E-state index is 13.8. The molecule has 55 heavy (non-hydrogen) atoms. The third-order valence-corrected chi connectivity index (χ3v) is 17.2. The highest BCUT2D eigenvalue weighted by Crippen LogP contribution is 2.53. The summed E-state index contributed by atoms with van der Waals surface area (Å²) in [6.45, 7) is 8.64. The molecule has 8 atom stereocenters. The summed E-state index contributed by atoms with van der Waals surface area (Å²) in [4.78, 5) is 65.0. The first-order valence-electron chi connectivity index (χ1n) is 21.2. The lowest BCUT2D eigenvalue weighted by Gasteiger charge is -2.39. The molecular weight excluding hydrogens is 701 g/mol.